The lowest BCUT2D eigenvalue weighted by Gasteiger charge is -2.51. The molecule has 1 aromatic rings. The molecule has 10 heteroatoms. The molecular formula is C27H26Cl2N2O6. The predicted molar refractivity (Wildman–Crippen MR) is 134 cm³/mol. The van der Waals surface area contributed by atoms with Gasteiger partial charge in [-0.25, -0.2) is 0 Å². The molecule has 0 aromatic heterocycles. The van der Waals surface area contributed by atoms with E-state index in [1.54, 1.807) is 12.1 Å². The first kappa shape index (κ1) is 24.5. The number of ether oxygens (including phenoxy) is 1. The van der Waals surface area contributed by atoms with E-state index in [0.29, 0.717) is 42.7 Å². The van der Waals surface area contributed by atoms with Crippen LogP contribution in [0, 0.1) is 23.7 Å². The summed E-state index contributed by atoms with van der Waals surface area (Å²) in [6.45, 7) is 2.24. The third-order valence-electron chi connectivity index (χ3n) is 8.70. The fraction of sp³-hybridized carbons (Fsp3) is 0.481. The number of carbonyl (C=O) groups is 4. The lowest BCUT2D eigenvalue weighted by molar-refractivity contribution is -0.141. The van der Waals surface area contributed by atoms with Crippen LogP contribution in [0.2, 0.25) is 0 Å². The van der Waals surface area contributed by atoms with Gasteiger partial charge < -0.3 is 9.84 Å². The second kappa shape index (κ2) is 8.08. The number of imide groups is 2. The van der Waals surface area contributed by atoms with E-state index in [1.807, 2.05) is 13.0 Å². The molecule has 0 spiro atoms. The second-order valence-electron chi connectivity index (χ2n) is 10.6. The van der Waals surface area contributed by atoms with Crippen LogP contribution in [-0.2, 0) is 25.6 Å². The molecule has 2 aliphatic carbocycles. The average molecular weight is 545 g/mol. The minimum absolute atomic E-state index is 0.0268. The Bertz CT molecular complexity index is 1340. The molecule has 6 atom stereocenters. The predicted octanol–water partition coefficient (Wildman–Crippen LogP) is 3.14. The van der Waals surface area contributed by atoms with Crippen LogP contribution in [0.3, 0.4) is 0 Å². The Kier molecular flexibility index (Phi) is 5.35. The number of amides is 4. The smallest absolute Gasteiger partial charge is 0.253 e. The molecule has 0 unspecified atom stereocenters. The molecule has 1 N–H and O–H groups in total. The Hall–Kier alpha value is -2.84. The lowest BCUT2D eigenvalue weighted by Crippen LogP contribution is -2.61. The standard InChI is InChI=1S/C27H26Cl2N2O6/c1-3-8-31-22(33)17-6-5-16-18(20(17)23(31)34)11-26(28)24(35)30(2)25(36)27(26,29)21(16)14-9-13-10-15(32)4-7-19(13)37-12-14/h4-5,7,10,12,17-18,20-21,32H,3,6,8-9,11H2,1-2H3/t17-,18+,20-,21-,26+,27-/m0/s1. The number of fused-ring (bicyclic) bond motifs is 5. The van der Waals surface area contributed by atoms with Crippen molar-refractivity contribution in [3.05, 3.63) is 47.2 Å². The Balaban J connectivity index is 1.50. The monoisotopic (exact) mass is 544 g/mol. The number of aromatic hydroxyl groups is 1. The van der Waals surface area contributed by atoms with Crippen molar-refractivity contribution < 1.29 is 29.0 Å². The Morgan fingerprint density at radius 2 is 1.86 bits per heavy atom. The van der Waals surface area contributed by atoms with Gasteiger partial charge in [0.1, 0.15) is 11.5 Å². The molecule has 6 rings (SSSR count). The maximum Gasteiger partial charge on any atom is 0.253 e. The van der Waals surface area contributed by atoms with Gasteiger partial charge in [0.25, 0.3) is 11.8 Å². The summed E-state index contributed by atoms with van der Waals surface area (Å²) in [4.78, 5) is 52.4. The fourth-order valence-electron chi connectivity index (χ4n) is 7.06. The van der Waals surface area contributed by atoms with Crippen molar-refractivity contribution in [1.82, 2.24) is 9.80 Å². The van der Waals surface area contributed by atoms with Crippen LogP contribution in [0.5, 0.6) is 11.5 Å². The summed E-state index contributed by atoms with van der Waals surface area (Å²) in [5, 5.41) is 10.0. The molecule has 1 saturated carbocycles. The Labute approximate surface area is 223 Å². The minimum Gasteiger partial charge on any atom is -0.508 e. The highest BCUT2D eigenvalue weighted by atomic mass is 35.5. The highest BCUT2D eigenvalue weighted by molar-refractivity contribution is 6.53. The molecule has 194 valence electrons. The summed E-state index contributed by atoms with van der Waals surface area (Å²) in [5.41, 5.74) is 2.05. The summed E-state index contributed by atoms with van der Waals surface area (Å²) < 4.78 is 5.87. The van der Waals surface area contributed by atoms with Crippen LogP contribution in [0.1, 0.15) is 31.7 Å². The molecule has 4 amide bonds. The average Bonchev–Trinajstić information content (AvgIpc) is 3.19. The number of phenols is 1. The SMILES string of the molecule is CCCN1C(=O)[C@H]2[C@H](CC=C3[C@H](C4=COc5ccc(O)cc5C4)[C@]4(Cl)C(=O)N(C)C(=O)[C@]4(Cl)C[C@H]32)C1=O. The van der Waals surface area contributed by atoms with E-state index in [1.165, 1.54) is 24.3 Å². The van der Waals surface area contributed by atoms with E-state index in [-0.39, 0.29) is 24.0 Å². The van der Waals surface area contributed by atoms with E-state index in [9.17, 15) is 24.3 Å². The molecule has 1 aromatic carbocycles. The van der Waals surface area contributed by atoms with Gasteiger partial charge in [0.2, 0.25) is 11.8 Å². The molecule has 5 aliphatic rings. The highest BCUT2D eigenvalue weighted by Crippen LogP contribution is 2.64. The summed E-state index contributed by atoms with van der Waals surface area (Å²) in [6.07, 6.45) is 4.69. The van der Waals surface area contributed by atoms with Crippen LogP contribution in [0.4, 0.5) is 0 Å². The van der Waals surface area contributed by atoms with Gasteiger partial charge in [-0.05, 0) is 49.0 Å². The van der Waals surface area contributed by atoms with Gasteiger partial charge in [-0.15, -0.1) is 23.2 Å². The number of hydrogen-bond donors (Lipinski definition) is 1. The molecule has 3 fully saturated rings. The molecule has 2 saturated heterocycles. The van der Waals surface area contributed by atoms with E-state index in [4.69, 9.17) is 27.9 Å². The third-order valence-corrected chi connectivity index (χ3v) is 10.1. The van der Waals surface area contributed by atoms with E-state index in [2.05, 4.69) is 0 Å². The number of benzene rings is 1. The minimum atomic E-state index is -1.84. The van der Waals surface area contributed by atoms with E-state index in [0.717, 1.165) is 10.5 Å². The zero-order chi connectivity index (χ0) is 26.4. The maximum absolute atomic E-state index is 13.6. The Morgan fingerprint density at radius 3 is 2.59 bits per heavy atom. The van der Waals surface area contributed by atoms with Crippen molar-refractivity contribution >= 4 is 46.8 Å². The summed E-state index contributed by atoms with van der Waals surface area (Å²) in [6, 6.07) is 4.75. The summed E-state index contributed by atoms with van der Waals surface area (Å²) in [7, 11) is 1.36. The molecule has 37 heavy (non-hydrogen) atoms. The van der Waals surface area contributed by atoms with Crippen molar-refractivity contribution in [1.29, 1.82) is 0 Å². The van der Waals surface area contributed by atoms with Crippen LogP contribution in [0.15, 0.2) is 41.7 Å². The van der Waals surface area contributed by atoms with E-state index < -0.39 is 45.2 Å². The molecular weight excluding hydrogens is 519 g/mol. The molecule has 0 bridgehead atoms. The van der Waals surface area contributed by atoms with Gasteiger partial charge in [-0.3, -0.25) is 29.0 Å². The van der Waals surface area contributed by atoms with Gasteiger partial charge in [-0.2, -0.15) is 0 Å². The van der Waals surface area contributed by atoms with Crippen molar-refractivity contribution in [2.45, 2.75) is 42.4 Å². The van der Waals surface area contributed by atoms with Crippen LogP contribution < -0.4 is 4.74 Å². The van der Waals surface area contributed by atoms with Crippen LogP contribution in [-0.4, -0.2) is 61.9 Å². The van der Waals surface area contributed by atoms with Crippen molar-refractivity contribution in [2.75, 3.05) is 13.6 Å². The topological polar surface area (TPSA) is 104 Å². The maximum atomic E-state index is 13.6. The fourth-order valence-corrected chi connectivity index (χ4v) is 8.10. The highest BCUT2D eigenvalue weighted by Gasteiger charge is 2.76. The van der Waals surface area contributed by atoms with Crippen LogP contribution >= 0.6 is 23.2 Å². The number of nitrogens with zero attached hydrogens (tertiary/aromatic N) is 2. The number of likely N-dealkylation sites (tertiary alicyclic amines) is 2. The second-order valence-corrected chi connectivity index (χ2v) is 11.8. The summed E-state index contributed by atoms with van der Waals surface area (Å²) >= 11 is 14.3. The van der Waals surface area contributed by atoms with Crippen LogP contribution in [0.25, 0.3) is 0 Å². The zero-order valence-corrected chi connectivity index (χ0v) is 21.9. The number of allylic oxidation sites excluding steroid dienone is 3. The summed E-state index contributed by atoms with van der Waals surface area (Å²) in [5.74, 6) is -3.65. The number of alkyl halides is 2. The lowest BCUT2D eigenvalue weighted by atomic mass is 9.56. The number of carbonyl (C=O) groups excluding carboxylic acids is 4. The number of phenolic OH excluding ortho intramolecular Hbond substituents is 1. The first-order valence-electron chi connectivity index (χ1n) is 12.5. The number of rotatable bonds is 3. The van der Waals surface area contributed by atoms with Gasteiger partial charge in [0, 0.05) is 31.5 Å². The normalized spacial score (nSPS) is 36.4. The number of hydrogen-bond acceptors (Lipinski definition) is 6. The largest absolute Gasteiger partial charge is 0.508 e. The molecule has 3 aliphatic heterocycles. The Morgan fingerprint density at radius 1 is 1.11 bits per heavy atom. The van der Waals surface area contributed by atoms with Crippen molar-refractivity contribution in [2.24, 2.45) is 23.7 Å². The molecule has 8 nitrogen and oxygen atoms in total. The van der Waals surface area contributed by atoms with E-state index >= 15 is 0 Å². The quantitative estimate of drug-likeness (QED) is 0.356. The van der Waals surface area contributed by atoms with Crippen molar-refractivity contribution in [3.8, 4) is 11.5 Å². The molecule has 0 radical (unpaired) electrons. The zero-order valence-electron chi connectivity index (χ0n) is 20.4. The first-order valence-corrected chi connectivity index (χ1v) is 13.2. The molecule has 3 heterocycles. The van der Waals surface area contributed by atoms with Gasteiger partial charge in [0.05, 0.1) is 18.1 Å². The number of halogens is 2. The third kappa shape index (κ3) is 3.03. The van der Waals surface area contributed by atoms with Crippen molar-refractivity contribution in [3.63, 3.8) is 0 Å². The van der Waals surface area contributed by atoms with Gasteiger partial charge in [-0.1, -0.05) is 18.6 Å². The van der Waals surface area contributed by atoms with Gasteiger partial charge in [0.15, 0.2) is 9.75 Å². The first-order chi connectivity index (χ1) is 17.5. The van der Waals surface area contributed by atoms with Gasteiger partial charge >= 0.3 is 0 Å².